The average molecular weight is 549 g/mol. The maximum Gasteiger partial charge on any atom is 0.490 e. The highest BCUT2D eigenvalue weighted by Crippen LogP contribution is 2.29. The number of hydrogen-bond donors (Lipinski definition) is 2. The van der Waals surface area contributed by atoms with Gasteiger partial charge in [-0.3, -0.25) is 0 Å². The highest BCUT2D eigenvalue weighted by molar-refractivity contribution is 6.29. The van der Waals surface area contributed by atoms with Crippen molar-refractivity contribution >= 4 is 40.2 Å². The summed E-state index contributed by atoms with van der Waals surface area (Å²) >= 11 is 5.78. The van der Waals surface area contributed by atoms with Crippen molar-refractivity contribution in [2.45, 2.75) is 24.9 Å². The van der Waals surface area contributed by atoms with Crippen LogP contribution in [-0.2, 0) is 4.79 Å². The number of carboxylic acids is 1. The summed E-state index contributed by atoms with van der Waals surface area (Å²) in [7, 11) is 0. The van der Waals surface area contributed by atoms with Gasteiger partial charge in [0.15, 0.2) is 0 Å². The van der Waals surface area contributed by atoms with Crippen LogP contribution in [0.4, 0.5) is 23.7 Å². The summed E-state index contributed by atoms with van der Waals surface area (Å²) in [6.45, 7) is 1.20. The summed E-state index contributed by atoms with van der Waals surface area (Å²) in [5.74, 6) is -1.57. The maximum atomic E-state index is 12.5. The first-order valence-electron chi connectivity index (χ1n) is 11.3. The van der Waals surface area contributed by atoms with E-state index in [1.165, 1.54) is 6.20 Å². The van der Waals surface area contributed by atoms with Gasteiger partial charge in [0.2, 0.25) is 11.7 Å². The molecule has 38 heavy (non-hydrogen) atoms. The minimum atomic E-state index is -5.08. The number of para-hydroxylation sites is 1. The first-order chi connectivity index (χ1) is 18.1. The van der Waals surface area contributed by atoms with Gasteiger partial charge in [-0.2, -0.15) is 18.2 Å². The Balaban J connectivity index is 0.000000426. The van der Waals surface area contributed by atoms with Gasteiger partial charge >= 0.3 is 18.2 Å². The van der Waals surface area contributed by atoms with E-state index in [1.54, 1.807) is 17.0 Å². The number of aromatic nitrogens is 4. The second kappa shape index (κ2) is 11.4. The quantitative estimate of drug-likeness (QED) is 0.326. The number of benzene rings is 1. The number of aliphatic carboxylic acids is 1. The number of nitrogens with zero attached hydrogens (tertiary/aromatic N) is 5. The number of alkyl halides is 3. The Kier molecular flexibility index (Phi) is 8.05. The zero-order valence-corrected chi connectivity index (χ0v) is 20.3. The van der Waals surface area contributed by atoms with Crippen LogP contribution in [0.1, 0.15) is 24.7 Å². The molecular formula is C24H20ClF3N6O4. The van der Waals surface area contributed by atoms with Crippen molar-refractivity contribution in [1.82, 2.24) is 25.0 Å². The molecule has 0 saturated carbocycles. The minimum Gasteiger partial charge on any atom is -0.475 e. The Bertz CT molecular complexity index is 1420. The van der Waals surface area contributed by atoms with E-state index in [0.29, 0.717) is 41.3 Å². The van der Waals surface area contributed by atoms with Gasteiger partial charge in [-0.15, -0.1) is 0 Å². The molecule has 1 aliphatic heterocycles. The van der Waals surface area contributed by atoms with Crippen molar-refractivity contribution in [3.63, 3.8) is 0 Å². The van der Waals surface area contributed by atoms with Crippen LogP contribution in [0.25, 0.3) is 22.4 Å². The molecule has 3 aromatic heterocycles. The van der Waals surface area contributed by atoms with Crippen LogP contribution in [0.3, 0.4) is 0 Å². The van der Waals surface area contributed by atoms with E-state index in [1.807, 2.05) is 36.4 Å². The van der Waals surface area contributed by atoms with Gasteiger partial charge in [0, 0.05) is 24.4 Å². The molecule has 14 heteroatoms. The van der Waals surface area contributed by atoms with Crippen LogP contribution in [0.15, 0.2) is 59.3 Å². The third-order valence-electron chi connectivity index (χ3n) is 5.62. The smallest absolute Gasteiger partial charge is 0.475 e. The molecule has 1 aromatic carbocycles. The van der Waals surface area contributed by atoms with Crippen molar-refractivity contribution in [2.24, 2.45) is 0 Å². The lowest BCUT2D eigenvalue weighted by Crippen LogP contribution is -2.40. The predicted molar refractivity (Wildman–Crippen MR) is 131 cm³/mol. The number of rotatable bonds is 3. The molecule has 2 amide bonds. The van der Waals surface area contributed by atoms with Crippen molar-refractivity contribution in [3.8, 4) is 11.5 Å². The van der Waals surface area contributed by atoms with Crippen LogP contribution >= 0.6 is 11.6 Å². The molecule has 198 valence electrons. The van der Waals surface area contributed by atoms with Gasteiger partial charge in [0.1, 0.15) is 10.8 Å². The van der Waals surface area contributed by atoms with E-state index in [9.17, 15) is 18.0 Å². The summed E-state index contributed by atoms with van der Waals surface area (Å²) in [6.07, 6.45) is -2.05. The topological polar surface area (TPSA) is 134 Å². The zero-order valence-electron chi connectivity index (χ0n) is 19.5. The molecule has 0 spiro atoms. The number of halogens is 4. The highest BCUT2D eigenvalue weighted by atomic mass is 35.5. The van der Waals surface area contributed by atoms with Crippen molar-refractivity contribution in [2.75, 3.05) is 18.4 Å². The number of urea groups is 1. The number of fused-ring (bicyclic) bond motifs is 1. The van der Waals surface area contributed by atoms with Gasteiger partial charge < -0.3 is 19.8 Å². The Morgan fingerprint density at radius 3 is 2.42 bits per heavy atom. The third-order valence-corrected chi connectivity index (χ3v) is 5.85. The first-order valence-corrected chi connectivity index (χ1v) is 11.7. The van der Waals surface area contributed by atoms with E-state index in [4.69, 9.17) is 26.0 Å². The molecule has 0 bridgehead atoms. The van der Waals surface area contributed by atoms with Crippen LogP contribution in [0.5, 0.6) is 0 Å². The van der Waals surface area contributed by atoms with E-state index < -0.39 is 12.1 Å². The Labute approximate surface area is 218 Å². The van der Waals surface area contributed by atoms with Gasteiger partial charge in [0.25, 0.3) is 0 Å². The van der Waals surface area contributed by atoms with Gasteiger partial charge in [-0.1, -0.05) is 41.0 Å². The molecule has 4 heterocycles. The monoisotopic (exact) mass is 548 g/mol. The lowest BCUT2D eigenvalue weighted by Gasteiger charge is -2.30. The Morgan fingerprint density at radius 1 is 1.05 bits per heavy atom. The summed E-state index contributed by atoms with van der Waals surface area (Å²) in [5.41, 5.74) is 2.18. The van der Waals surface area contributed by atoms with E-state index >= 15 is 0 Å². The summed E-state index contributed by atoms with van der Waals surface area (Å²) in [5, 5.41) is 15.5. The second-order valence-corrected chi connectivity index (χ2v) is 8.60. The Hall–Kier alpha value is -4.26. The van der Waals surface area contributed by atoms with Crippen LogP contribution < -0.4 is 5.32 Å². The molecule has 5 rings (SSSR count). The lowest BCUT2D eigenvalue weighted by atomic mass is 9.97. The zero-order chi connectivity index (χ0) is 27.3. The molecule has 0 aliphatic carbocycles. The molecule has 1 aliphatic rings. The molecule has 0 unspecified atom stereocenters. The molecule has 2 N–H and O–H groups in total. The Morgan fingerprint density at radius 2 is 1.76 bits per heavy atom. The molecular weight excluding hydrogens is 529 g/mol. The van der Waals surface area contributed by atoms with Gasteiger partial charge in [-0.25, -0.2) is 19.6 Å². The fourth-order valence-electron chi connectivity index (χ4n) is 3.68. The summed E-state index contributed by atoms with van der Waals surface area (Å²) in [4.78, 5) is 36.3. The molecule has 10 nitrogen and oxygen atoms in total. The van der Waals surface area contributed by atoms with Gasteiger partial charge in [-0.05, 0) is 37.1 Å². The van der Waals surface area contributed by atoms with Crippen molar-refractivity contribution < 1.29 is 32.4 Å². The number of carboxylic acid groups (broad SMARTS) is 1. The number of nitrogens with one attached hydrogen (secondary N) is 1. The van der Waals surface area contributed by atoms with Crippen LogP contribution in [0, 0.1) is 0 Å². The van der Waals surface area contributed by atoms with Crippen molar-refractivity contribution in [1.29, 1.82) is 0 Å². The second-order valence-electron chi connectivity index (χ2n) is 8.21. The number of hydrogen-bond acceptors (Lipinski definition) is 7. The number of amides is 2. The number of pyridine rings is 2. The van der Waals surface area contributed by atoms with Crippen molar-refractivity contribution in [3.05, 3.63) is 65.8 Å². The number of anilines is 1. The van der Waals surface area contributed by atoms with E-state index in [2.05, 4.69) is 25.4 Å². The lowest BCUT2D eigenvalue weighted by molar-refractivity contribution is -0.192. The van der Waals surface area contributed by atoms with E-state index in [0.717, 1.165) is 23.7 Å². The number of carbonyl (C=O) groups is 2. The van der Waals surface area contributed by atoms with Gasteiger partial charge in [0.05, 0.1) is 17.4 Å². The molecule has 1 fully saturated rings. The predicted octanol–water partition coefficient (Wildman–Crippen LogP) is 5.38. The van der Waals surface area contributed by atoms with E-state index in [-0.39, 0.29) is 11.9 Å². The SMILES string of the molecule is O=C(Nc1ccc(Cl)nc1)N1CCC(c2nc(-c3ccc4ccccc4n3)no2)CC1.O=C(O)C(F)(F)F. The number of carbonyl (C=O) groups excluding carboxylic acids is 1. The molecule has 1 saturated heterocycles. The summed E-state index contributed by atoms with van der Waals surface area (Å²) in [6, 6.07) is 15.0. The fourth-order valence-corrected chi connectivity index (χ4v) is 3.79. The molecule has 4 aromatic rings. The molecule has 0 radical (unpaired) electrons. The fraction of sp³-hybridized carbons (Fsp3) is 0.250. The highest BCUT2D eigenvalue weighted by Gasteiger charge is 2.38. The summed E-state index contributed by atoms with van der Waals surface area (Å²) < 4.78 is 37.3. The largest absolute Gasteiger partial charge is 0.490 e. The average Bonchev–Trinajstić information content (AvgIpc) is 3.40. The third kappa shape index (κ3) is 6.73. The minimum absolute atomic E-state index is 0.114. The standard InChI is InChI=1S/C22H19ClN6O2.C2HF3O2/c23-19-8-6-16(13-24-19)25-22(30)29-11-9-15(10-12-29)21-27-20(28-31-21)18-7-5-14-3-1-2-4-17(14)26-18;3-2(4,5)1(6)7/h1-8,13,15H,9-12H2,(H,25,30);(H,6,7). The maximum absolute atomic E-state index is 12.5. The molecule has 0 atom stereocenters. The van der Waals surface area contributed by atoms with Crippen LogP contribution in [-0.4, -0.2) is 61.4 Å². The number of likely N-dealkylation sites (tertiary alicyclic amines) is 1. The number of piperidine rings is 1. The normalized spacial score (nSPS) is 14.1. The first kappa shape index (κ1) is 26.8. The van der Waals surface area contributed by atoms with Crippen LogP contribution in [0.2, 0.25) is 5.15 Å².